The molecule has 0 aromatic heterocycles. The summed E-state index contributed by atoms with van der Waals surface area (Å²) < 4.78 is 12.0. The molecule has 4 heteroatoms. The standard InChI is InChI=1S/C19H30N2O2/c1-21-12-8-17(9-13-21)23-18-5-3-4-16(19(18)22-2)14-15-6-10-20-11-7-15/h3-5,15,17,20H,6-14H2,1-2H3. The van der Waals surface area contributed by atoms with E-state index >= 15 is 0 Å². The van der Waals surface area contributed by atoms with Gasteiger partial charge in [-0.3, -0.25) is 0 Å². The van der Waals surface area contributed by atoms with Crippen molar-refractivity contribution in [3.8, 4) is 11.5 Å². The molecule has 2 heterocycles. The summed E-state index contributed by atoms with van der Waals surface area (Å²) in [4.78, 5) is 2.37. The number of nitrogens with one attached hydrogen (secondary N) is 1. The fraction of sp³-hybridized carbons (Fsp3) is 0.684. The summed E-state index contributed by atoms with van der Waals surface area (Å²) in [6.45, 7) is 4.50. The Bertz CT molecular complexity index is 492. The van der Waals surface area contributed by atoms with E-state index in [1.807, 2.05) is 0 Å². The van der Waals surface area contributed by atoms with Crippen molar-refractivity contribution in [1.82, 2.24) is 10.2 Å². The first-order valence-corrected chi connectivity index (χ1v) is 8.98. The SMILES string of the molecule is COc1c(CC2CCNCC2)cccc1OC1CCN(C)CC1. The zero-order valence-electron chi connectivity index (χ0n) is 14.5. The quantitative estimate of drug-likeness (QED) is 0.905. The van der Waals surface area contributed by atoms with Crippen LogP contribution in [0.1, 0.15) is 31.2 Å². The number of hydrogen-bond acceptors (Lipinski definition) is 4. The van der Waals surface area contributed by atoms with Crippen LogP contribution >= 0.6 is 0 Å². The third-order valence-corrected chi connectivity index (χ3v) is 5.19. The van der Waals surface area contributed by atoms with Gasteiger partial charge in [-0.2, -0.15) is 0 Å². The van der Waals surface area contributed by atoms with E-state index in [-0.39, 0.29) is 0 Å². The topological polar surface area (TPSA) is 33.7 Å². The highest BCUT2D eigenvalue weighted by Gasteiger charge is 2.22. The Hall–Kier alpha value is -1.26. The Morgan fingerprint density at radius 1 is 1.13 bits per heavy atom. The molecule has 0 amide bonds. The van der Waals surface area contributed by atoms with E-state index in [1.54, 1.807) is 7.11 Å². The first-order valence-electron chi connectivity index (χ1n) is 8.98. The van der Waals surface area contributed by atoms with Crippen LogP contribution in [-0.4, -0.2) is 51.3 Å². The van der Waals surface area contributed by atoms with Gasteiger partial charge >= 0.3 is 0 Å². The van der Waals surface area contributed by atoms with E-state index < -0.39 is 0 Å². The maximum absolute atomic E-state index is 6.29. The van der Waals surface area contributed by atoms with Gasteiger partial charge in [-0.05, 0) is 69.8 Å². The number of nitrogens with zero attached hydrogens (tertiary/aromatic N) is 1. The van der Waals surface area contributed by atoms with E-state index in [4.69, 9.17) is 9.47 Å². The second-order valence-electron chi connectivity index (χ2n) is 6.97. The molecule has 2 fully saturated rings. The van der Waals surface area contributed by atoms with Crippen molar-refractivity contribution in [2.45, 2.75) is 38.2 Å². The molecule has 0 spiro atoms. The van der Waals surface area contributed by atoms with Crippen molar-refractivity contribution in [3.05, 3.63) is 23.8 Å². The van der Waals surface area contributed by atoms with Crippen LogP contribution < -0.4 is 14.8 Å². The molecule has 1 aromatic rings. The van der Waals surface area contributed by atoms with Crippen molar-refractivity contribution in [2.75, 3.05) is 40.3 Å². The lowest BCUT2D eigenvalue weighted by Crippen LogP contribution is -2.35. The molecule has 2 saturated heterocycles. The normalized spacial score (nSPS) is 21.3. The molecule has 2 aliphatic heterocycles. The summed E-state index contributed by atoms with van der Waals surface area (Å²) >= 11 is 0. The average molecular weight is 318 g/mol. The first-order chi connectivity index (χ1) is 11.3. The molecule has 0 atom stereocenters. The zero-order chi connectivity index (χ0) is 16.1. The van der Waals surface area contributed by atoms with Crippen LogP contribution in [0.15, 0.2) is 18.2 Å². The summed E-state index contributed by atoms with van der Waals surface area (Å²) in [5.41, 5.74) is 1.30. The van der Waals surface area contributed by atoms with Gasteiger partial charge in [0.1, 0.15) is 6.10 Å². The Morgan fingerprint density at radius 3 is 2.57 bits per heavy atom. The summed E-state index contributed by atoms with van der Waals surface area (Å²) in [7, 11) is 3.94. The highest BCUT2D eigenvalue weighted by molar-refractivity contribution is 5.47. The van der Waals surface area contributed by atoms with Gasteiger partial charge in [-0.25, -0.2) is 0 Å². The number of piperidine rings is 2. The fourth-order valence-electron chi connectivity index (χ4n) is 3.73. The lowest BCUT2D eigenvalue weighted by molar-refractivity contribution is 0.111. The molecule has 128 valence electrons. The Morgan fingerprint density at radius 2 is 1.87 bits per heavy atom. The summed E-state index contributed by atoms with van der Waals surface area (Å²) in [5.74, 6) is 2.63. The highest BCUT2D eigenvalue weighted by Crippen LogP contribution is 2.35. The third kappa shape index (κ3) is 4.39. The minimum absolute atomic E-state index is 0.314. The van der Waals surface area contributed by atoms with Gasteiger partial charge < -0.3 is 19.7 Å². The maximum Gasteiger partial charge on any atom is 0.163 e. The number of likely N-dealkylation sites (tertiary alicyclic amines) is 1. The number of methoxy groups -OCH3 is 1. The summed E-state index contributed by atoms with van der Waals surface area (Å²) in [6, 6.07) is 6.37. The molecular formula is C19H30N2O2. The van der Waals surface area contributed by atoms with Crippen molar-refractivity contribution in [3.63, 3.8) is 0 Å². The van der Waals surface area contributed by atoms with Crippen LogP contribution in [0.5, 0.6) is 11.5 Å². The number of rotatable bonds is 5. The predicted molar refractivity (Wildman–Crippen MR) is 93.4 cm³/mol. The van der Waals surface area contributed by atoms with Crippen molar-refractivity contribution in [1.29, 1.82) is 0 Å². The van der Waals surface area contributed by atoms with Gasteiger partial charge in [0.15, 0.2) is 11.5 Å². The first kappa shape index (κ1) is 16.6. The van der Waals surface area contributed by atoms with Crippen LogP contribution in [0.3, 0.4) is 0 Å². The van der Waals surface area contributed by atoms with E-state index in [0.717, 1.165) is 62.9 Å². The van der Waals surface area contributed by atoms with E-state index in [9.17, 15) is 0 Å². The molecule has 3 rings (SSSR count). The molecule has 0 saturated carbocycles. The zero-order valence-corrected chi connectivity index (χ0v) is 14.5. The minimum Gasteiger partial charge on any atom is -0.493 e. The van der Waals surface area contributed by atoms with Crippen LogP contribution in [0.25, 0.3) is 0 Å². The Balaban J connectivity index is 1.68. The van der Waals surface area contributed by atoms with Crippen LogP contribution in [0.4, 0.5) is 0 Å². The molecule has 23 heavy (non-hydrogen) atoms. The van der Waals surface area contributed by atoms with E-state index in [1.165, 1.54) is 18.4 Å². The number of ether oxygens (including phenoxy) is 2. The third-order valence-electron chi connectivity index (χ3n) is 5.19. The summed E-state index contributed by atoms with van der Waals surface area (Å²) in [6.07, 6.45) is 6.10. The predicted octanol–water partition coefficient (Wildman–Crippen LogP) is 2.71. The average Bonchev–Trinajstić information content (AvgIpc) is 2.58. The lowest BCUT2D eigenvalue weighted by Gasteiger charge is -2.30. The fourth-order valence-corrected chi connectivity index (χ4v) is 3.73. The maximum atomic E-state index is 6.29. The molecule has 0 aliphatic carbocycles. The molecule has 1 N–H and O–H groups in total. The van der Waals surface area contributed by atoms with Gasteiger partial charge in [-0.15, -0.1) is 0 Å². The molecule has 0 unspecified atom stereocenters. The minimum atomic E-state index is 0.314. The van der Waals surface area contributed by atoms with Gasteiger partial charge in [0.05, 0.1) is 7.11 Å². The largest absolute Gasteiger partial charge is 0.493 e. The molecule has 0 bridgehead atoms. The molecular weight excluding hydrogens is 288 g/mol. The van der Waals surface area contributed by atoms with Crippen molar-refractivity contribution < 1.29 is 9.47 Å². The summed E-state index contributed by atoms with van der Waals surface area (Å²) in [5, 5.41) is 3.44. The second-order valence-corrected chi connectivity index (χ2v) is 6.97. The number of hydrogen-bond donors (Lipinski definition) is 1. The van der Waals surface area contributed by atoms with Gasteiger partial charge in [-0.1, -0.05) is 12.1 Å². The van der Waals surface area contributed by atoms with Gasteiger partial charge in [0, 0.05) is 13.1 Å². The lowest BCUT2D eigenvalue weighted by atomic mass is 9.90. The van der Waals surface area contributed by atoms with Crippen LogP contribution in [0.2, 0.25) is 0 Å². The Labute approximate surface area is 140 Å². The Kier molecular flexibility index (Phi) is 5.79. The highest BCUT2D eigenvalue weighted by atomic mass is 16.5. The monoisotopic (exact) mass is 318 g/mol. The molecule has 4 nitrogen and oxygen atoms in total. The molecule has 1 aromatic carbocycles. The van der Waals surface area contributed by atoms with Gasteiger partial charge in [0.2, 0.25) is 0 Å². The second kappa shape index (κ2) is 8.02. The van der Waals surface area contributed by atoms with E-state index in [2.05, 4.69) is 35.5 Å². The van der Waals surface area contributed by atoms with Gasteiger partial charge in [0.25, 0.3) is 0 Å². The van der Waals surface area contributed by atoms with Crippen molar-refractivity contribution in [2.24, 2.45) is 5.92 Å². The molecule has 0 radical (unpaired) electrons. The smallest absolute Gasteiger partial charge is 0.163 e. The van der Waals surface area contributed by atoms with E-state index in [0.29, 0.717) is 6.10 Å². The van der Waals surface area contributed by atoms with Crippen LogP contribution in [0, 0.1) is 5.92 Å². The number of para-hydroxylation sites is 1. The molecule has 2 aliphatic rings. The number of benzene rings is 1. The van der Waals surface area contributed by atoms with Crippen molar-refractivity contribution >= 4 is 0 Å². The van der Waals surface area contributed by atoms with Crippen LogP contribution in [-0.2, 0) is 6.42 Å².